The Morgan fingerprint density at radius 1 is 1.33 bits per heavy atom. The number of aromatic nitrogens is 2. The second-order valence-electron chi connectivity index (χ2n) is 5.52. The van der Waals surface area contributed by atoms with Crippen LogP contribution in [0.5, 0.6) is 5.75 Å². The lowest BCUT2D eigenvalue weighted by Gasteiger charge is -2.16. The van der Waals surface area contributed by atoms with Crippen LogP contribution in [0.3, 0.4) is 0 Å². The Morgan fingerprint density at radius 2 is 2.10 bits per heavy atom. The highest BCUT2D eigenvalue weighted by Crippen LogP contribution is 2.30. The van der Waals surface area contributed by atoms with Crippen LogP contribution >= 0.6 is 15.9 Å². The molecule has 1 N–H and O–H groups in total. The summed E-state index contributed by atoms with van der Waals surface area (Å²) in [5, 5.41) is 3.58. The maximum atomic E-state index is 5.49. The van der Waals surface area contributed by atoms with Crippen LogP contribution in [0.2, 0.25) is 0 Å². The number of methoxy groups -OCH3 is 1. The van der Waals surface area contributed by atoms with Crippen LogP contribution in [-0.4, -0.2) is 22.7 Å². The van der Waals surface area contributed by atoms with Gasteiger partial charge in [0, 0.05) is 16.7 Å². The lowest BCUT2D eigenvalue weighted by Crippen LogP contribution is -2.17. The van der Waals surface area contributed by atoms with E-state index in [0.717, 1.165) is 27.6 Å². The average molecular weight is 350 g/mol. The average Bonchev–Trinajstić information content (AvgIpc) is 3.09. The molecule has 3 rings (SSSR count). The highest BCUT2D eigenvalue weighted by molar-refractivity contribution is 9.10. The molecule has 5 heteroatoms. The van der Waals surface area contributed by atoms with Crippen LogP contribution < -0.4 is 10.1 Å². The van der Waals surface area contributed by atoms with Gasteiger partial charge in [0.25, 0.3) is 0 Å². The van der Waals surface area contributed by atoms with Crippen LogP contribution in [0.15, 0.2) is 28.9 Å². The molecule has 0 saturated heterocycles. The second kappa shape index (κ2) is 6.10. The predicted octanol–water partition coefficient (Wildman–Crippen LogP) is 4.31. The fraction of sp³-hybridized carbons (Fsp3) is 0.438. The van der Waals surface area contributed by atoms with E-state index in [2.05, 4.69) is 36.9 Å². The molecule has 1 fully saturated rings. The van der Waals surface area contributed by atoms with Crippen molar-refractivity contribution < 1.29 is 4.74 Å². The zero-order chi connectivity index (χ0) is 14.8. The summed E-state index contributed by atoms with van der Waals surface area (Å²) in [6.45, 7) is 2.01. The minimum atomic E-state index is 0.531. The molecular formula is C16H20BrN3O. The van der Waals surface area contributed by atoms with Gasteiger partial charge in [0.1, 0.15) is 5.75 Å². The number of nitrogens with zero attached hydrogens (tertiary/aromatic N) is 2. The summed E-state index contributed by atoms with van der Waals surface area (Å²) in [6.07, 6.45) is 7.10. The van der Waals surface area contributed by atoms with Crippen molar-refractivity contribution in [3.63, 3.8) is 0 Å². The van der Waals surface area contributed by atoms with Crippen LogP contribution in [0.4, 0.5) is 5.95 Å². The zero-order valence-electron chi connectivity index (χ0n) is 12.4. The van der Waals surface area contributed by atoms with Gasteiger partial charge in [0.15, 0.2) is 0 Å². The Labute approximate surface area is 133 Å². The van der Waals surface area contributed by atoms with Gasteiger partial charge in [-0.2, -0.15) is 0 Å². The van der Waals surface area contributed by atoms with E-state index in [-0.39, 0.29) is 0 Å². The molecule has 1 aromatic carbocycles. The van der Waals surface area contributed by atoms with Crippen molar-refractivity contribution in [2.75, 3.05) is 12.4 Å². The van der Waals surface area contributed by atoms with Gasteiger partial charge in [0.2, 0.25) is 5.95 Å². The molecule has 4 nitrogen and oxygen atoms in total. The summed E-state index contributed by atoms with van der Waals surface area (Å²) in [5.41, 5.74) is 1.99. The standard InChI is InChI=1S/C16H20BrN3O/c1-11-10-20(14-9-12(17)7-8-15(14)21-2)16(18-11)19-13-5-3-4-6-13/h7-10,13H,3-6H2,1-2H3,(H,18,19). The van der Waals surface area contributed by atoms with Crippen molar-refractivity contribution in [2.45, 2.75) is 38.6 Å². The van der Waals surface area contributed by atoms with Gasteiger partial charge >= 0.3 is 0 Å². The molecule has 1 heterocycles. The first-order chi connectivity index (χ1) is 10.2. The first kappa shape index (κ1) is 14.4. The molecule has 1 aliphatic rings. The summed E-state index contributed by atoms with van der Waals surface area (Å²) in [7, 11) is 1.70. The van der Waals surface area contributed by atoms with Crippen molar-refractivity contribution in [1.29, 1.82) is 0 Å². The van der Waals surface area contributed by atoms with E-state index in [9.17, 15) is 0 Å². The highest BCUT2D eigenvalue weighted by Gasteiger charge is 2.19. The summed E-state index contributed by atoms with van der Waals surface area (Å²) in [5.74, 6) is 1.74. The quantitative estimate of drug-likeness (QED) is 0.893. The largest absolute Gasteiger partial charge is 0.495 e. The molecular weight excluding hydrogens is 330 g/mol. The van der Waals surface area contributed by atoms with E-state index in [1.807, 2.05) is 25.3 Å². The molecule has 0 bridgehead atoms. The van der Waals surface area contributed by atoms with E-state index in [1.165, 1.54) is 25.7 Å². The van der Waals surface area contributed by atoms with Gasteiger partial charge in [-0.25, -0.2) is 4.98 Å². The molecule has 0 aliphatic heterocycles. The molecule has 0 amide bonds. The molecule has 0 radical (unpaired) electrons. The predicted molar refractivity (Wildman–Crippen MR) is 88.4 cm³/mol. The zero-order valence-corrected chi connectivity index (χ0v) is 14.0. The topological polar surface area (TPSA) is 39.1 Å². The first-order valence-corrected chi connectivity index (χ1v) is 8.13. The van der Waals surface area contributed by atoms with Crippen molar-refractivity contribution in [2.24, 2.45) is 0 Å². The maximum absolute atomic E-state index is 5.49. The number of halogens is 1. The smallest absolute Gasteiger partial charge is 0.208 e. The number of imidazole rings is 1. The monoisotopic (exact) mass is 349 g/mol. The molecule has 21 heavy (non-hydrogen) atoms. The van der Waals surface area contributed by atoms with E-state index in [4.69, 9.17) is 4.74 Å². The Kier molecular flexibility index (Phi) is 4.19. The lowest BCUT2D eigenvalue weighted by molar-refractivity contribution is 0.413. The Bertz CT molecular complexity index is 632. The number of hydrogen-bond acceptors (Lipinski definition) is 3. The minimum absolute atomic E-state index is 0.531. The maximum Gasteiger partial charge on any atom is 0.208 e. The van der Waals surface area contributed by atoms with E-state index >= 15 is 0 Å². The van der Waals surface area contributed by atoms with Crippen LogP contribution in [0.25, 0.3) is 5.69 Å². The summed E-state index contributed by atoms with van der Waals surface area (Å²) < 4.78 is 8.60. The Hall–Kier alpha value is -1.49. The molecule has 0 spiro atoms. The van der Waals surface area contributed by atoms with Gasteiger partial charge in [0.05, 0.1) is 18.5 Å². The van der Waals surface area contributed by atoms with E-state index in [0.29, 0.717) is 6.04 Å². The number of ether oxygens (including phenoxy) is 1. The molecule has 112 valence electrons. The molecule has 1 aromatic heterocycles. The van der Waals surface area contributed by atoms with E-state index in [1.54, 1.807) is 7.11 Å². The molecule has 1 aliphatic carbocycles. The highest BCUT2D eigenvalue weighted by atomic mass is 79.9. The second-order valence-corrected chi connectivity index (χ2v) is 6.43. The van der Waals surface area contributed by atoms with Crippen LogP contribution in [0, 0.1) is 6.92 Å². The Balaban J connectivity index is 1.99. The molecule has 0 unspecified atom stereocenters. The number of anilines is 1. The van der Waals surface area contributed by atoms with Crippen molar-refractivity contribution >= 4 is 21.9 Å². The Morgan fingerprint density at radius 3 is 2.81 bits per heavy atom. The van der Waals surface area contributed by atoms with Crippen molar-refractivity contribution in [1.82, 2.24) is 9.55 Å². The normalized spacial score (nSPS) is 15.4. The molecule has 0 atom stereocenters. The SMILES string of the molecule is COc1ccc(Br)cc1-n1cc(C)nc1NC1CCCC1. The van der Waals surface area contributed by atoms with Gasteiger partial charge in [-0.3, -0.25) is 4.57 Å². The van der Waals surface area contributed by atoms with Crippen LogP contribution in [-0.2, 0) is 0 Å². The van der Waals surface area contributed by atoms with Crippen molar-refractivity contribution in [3.05, 3.63) is 34.6 Å². The number of aryl methyl sites for hydroxylation is 1. The summed E-state index contributed by atoms with van der Waals surface area (Å²) in [4.78, 5) is 4.64. The number of benzene rings is 1. The third-order valence-corrected chi connectivity index (χ3v) is 4.41. The number of nitrogens with one attached hydrogen (secondary N) is 1. The summed E-state index contributed by atoms with van der Waals surface area (Å²) in [6, 6.07) is 6.54. The summed E-state index contributed by atoms with van der Waals surface area (Å²) >= 11 is 3.53. The van der Waals surface area contributed by atoms with Gasteiger partial charge in [-0.15, -0.1) is 0 Å². The first-order valence-electron chi connectivity index (χ1n) is 7.34. The lowest BCUT2D eigenvalue weighted by atomic mass is 10.2. The molecule has 1 saturated carbocycles. The minimum Gasteiger partial charge on any atom is -0.495 e. The fourth-order valence-corrected chi connectivity index (χ4v) is 3.24. The van der Waals surface area contributed by atoms with E-state index < -0.39 is 0 Å². The van der Waals surface area contributed by atoms with Gasteiger partial charge < -0.3 is 10.1 Å². The van der Waals surface area contributed by atoms with Gasteiger partial charge in [-0.05, 0) is 38.0 Å². The number of rotatable bonds is 4. The fourth-order valence-electron chi connectivity index (χ4n) is 2.89. The third-order valence-electron chi connectivity index (χ3n) is 3.92. The number of hydrogen-bond donors (Lipinski definition) is 1. The van der Waals surface area contributed by atoms with Crippen LogP contribution in [0.1, 0.15) is 31.4 Å². The van der Waals surface area contributed by atoms with Gasteiger partial charge in [-0.1, -0.05) is 28.8 Å². The van der Waals surface area contributed by atoms with Crippen molar-refractivity contribution in [3.8, 4) is 11.4 Å². The molecule has 2 aromatic rings. The third kappa shape index (κ3) is 3.07.